The molecular weight excluding hydrogens is 264 g/mol. The van der Waals surface area contributed by atoms with Crippen LogP contribution in [0.15, 0.2) is 10.2 Å². The second-order valence-electron chi connectivity index (χ2n) is 4.16. The van der Waals surface area contributed by atoms with E-state index in [4.69, 9.17) is 20.7 Å². The first-order valence-corrected chi connectivity index (χ1v) is 6.05. The Morgan fingerprint density at radius 2 is 1.25 bits per heavy atom. The van der Waals surface area contributed by atoms with Crippen molar-refractivity contribution in [1.29, 1.82) is 10.5 Å². The fraction of sp³-hybridized carbons (Fsp3) is 0.667. The van der Waals surface area contributed by atoms with Gasteiger partial charge < -0.3 is 10.2 Å². The molecule has 2 N–H and O–H groups in total. The Hall–Kier alpha value is -2.48. The number of rotatable bonds is 10. The molecule has 0 saturated carbocycles. The average molecular weight is 280 g/mol. The summed E-state index contributed by atoms with van der Waals surface area (Å²) in [6.45, 7) is 0.168. The zero-order chi connectivity index (χ0) is 15.4. The van der Waals surface area contributed by atoms with Crippen LogP contribution in [-0.4, -0.2) is 35.2 Å². The molecule has 0 radical (unpaired) electrons. The number of nitrogens with zero attached hydrogens (tertiary/aromatic N) is 4. The fourth-order valence-corrected chi connectivity index (χ4v) is 1.30. The Morgan fingerprint density at radius 3 is 1.50 bits per heavy atom. The maximum absolute atomic E-state index is 10.4. The Morgan fingerprint density at radius 1 is 0.900 bits per heavy atom. The predicted octanol–water partition coefficient (Wildman–Crippen LogP) is 1.45. The standard InChI is InChI=1S/C12H16N4O4/c13-5-9(1-3-11(17)18)7-15-16-8-10(6-14)2-4-12(19)20/h9-10H,1-4,7-8H2,(H,17,18)(H,19,20). The molecule has 0 rings (SSSR count). The molecule has 0 aliphatic rings. The van der Waals surface area contributed by atoms with E-state index in [0.717, 1.165) is 0 Å². The van der Waals surface area contributed by atoms with Crippen LogP contribution in [0.3, 0.4) is 0 Å². The molecule has 0 aliphatic heterocycles. The topological polar surface area (TPSA) is 147 Å². The van der Waals surface area contributed by atoms with Gasteiger partial charge in [-0.1, -0.05) is 0 Å². The maximum atomic E-state index is 10.4. The average Bonchev–Trinajstić information content (AvgIpc) is 2.40. The number of nitriles is 2. The molecule has 8 heteroatoms. The Balaban J connectivity index is 4.03. The van der Waals surface area contributed by atoms with Gasteiger partial charge in [-0.2, -0.15) is 20.8 Å². The van der Waals surface area contributed by atoms with Crippen LogP contribution in [0.25, 0.3) is 0 Å². The largest absolute Gasteiger partial charge is 0.481 e. The highest BCUT2D eigenvalue weighted by molar-refractivity contribution is 5.66. The summed E-state index contributed by atoms with van der Waals surface area (Å²) in [5, 5.41) is 42.0. The predicted molar refractivity (Wildman–Crippen MR) is 66.5 cm³/mol. The van der Waals surface area contributed by atoms with E-state index in [0.29, 0.717) is 0 Å². The van der Waals surface area contributed by atoms with Gasteiger partial charge in [0.25, 0.3) is 0 Å². The first-order chi connectivity index (χ1) is 9.49. The minimum Gasteiger partial charge on any atom is -0.481 e. The second kappa shape index (κ2) is 10.4. The van der Waals surface area contributed by atoms with Crippen molar-refractivity contribution in [2.45, 2.75) is 25.7 Å². The molecule has 8 nitrogen and oxygen atoms in total. The summed E-state index contributed by atoms with van der Waals surface area (Å²) in [5.74, 6) is -2.98. The minimum absolute atomic E-state index is 0.0842. The minimum atomic E-state index is -0.972. The van der Waals surface area contributed by atoms with E-state index in [1.165, 1.54) is 0 Å². The summed E-state index contributed by atoms with van der Waals surface area (Å²) < 4.78 is 0. The lowest BCUT2D eigenvalue weighted by Gasteiger charge is -2.04. The van der Waals surface area contributed by atoms with Gasteiger partial charge in [-0.3, -0.25) is 9.59 Å². The van der Waals surface area contributed by atoms with Crippen LogP contribution in [0, 0.1) is 34.5 Å². The molecule has 0 aromatic heterocycles. The molecule has 0 heterocycles. The summed E-state index contributed by atoms with van der Waals surface area (Å²) in [5.41, 5.74) is 0. The lowest BCUT2D eigenvalue weighted by molar-refractivity contribution is -0.138. The van der Waals surface area contributed by atoms with Crippen molar-refractivity contribution in [2.75, 3.05) is 13.1 Å². The first kappa shape index (κ1) is 17.5. The van der Waals surface area contributed by atoms with Crippen molar-refractivity contribution < 1.29 is 19.8 Å². The number of hydrogen-bond acceptors (Lipinski definition) is 6. The molecular formula is C12H16N4O4. The summed E-state index contributed by atoms with van der Waals surface area (Å²) in [6, 6.07) is 3.88. The van der Waals surface area contributed by atoms with Crippen LogP contribution in [0.4, 0.5) is 0 Å². The molecule has 20 heavy (non-hydrogen) atoms. The first-order valence-electron chi connectivity index (χ1n) is 6.05. The summed E-state index contributed by atoms with van der Waals surface area (Å²) in [7, 11) is 0. The molecule has 0 aromatic rings. The molecule has 0 spiro atoms. The highest BCUT2D eigenvalue weighted by Gasteiger charge is 2.11. The number of azo groups is 1. The van der Waals surface area contributed by atoms with Gasteiger partial charge in [-0.15, -0.1) is 0 Å². The molecule has 0 aliphatic carbocycles. The molecule has 0 aromatic carbocycles. The van der Waals surface area contributed by atoms with Gasteiger partial charge >= 0.3 is 11.9 Å². The van der Waals surface area contributed by atoms with E-state index in [1.54, 1.807) is 0 Å². The van der Waals surface area contributed by atoms with E-state index in [-0.39, 0.29) is 38.8 Å². The zero-order valence-electron chi connectivity index (χ0n) is 10.9. The summed E-state index contributed by atoms with van der Waals surface area (Å²) >= 11 is 0. The normalized spacial score (nSPS) is 13.3. The van der Waals surface area contributed by atoms with Gasteiger partial charge in [0.2, 0.25) is 0 Å². The van der Waals surface area contributed by atoms with Crippen molar-refractivity contribution in [3.8, 4) is 12.1 Å². The van der Waals surface area contributed by atoms with Crippen LogP contribution in [-0.2, 0) is 9.59 Å². The number of aliphatic carboxylic acids is 2. The fourth-order valence-electron chi connectivity index (χ4n) is 1.30. The summed E-state index contributed by atoms with van der Waals surface area (Å²) in [4.78, 5) is 20.7. The third kappa shape index (κ3) is 9.54. The lowest BCUT2D eigenvalue weighted by Crippen LogP contribution is -2.07. The number of carboxylic acid groups (broad SMARTS) is 2. The van der Waals surface area contributed by atoms with Gasteiger partial charge in [-0.25, -0.2) is 0 Å². The smallest absolute Gasteiger partial charge is 0.303 e. The molecule has 2 atom stereocenters. The van der Waals surface area contributed by atoms with Gasteiger partial charge in [0, 0.05) is 12.8 Å². The quantitative estimate of drug-likeness (QED) is 0.578. The van der Waals surface area contributed by atoms with E-state index < -0.39 is 23.8 Å². The van der Waals surface area contributed by atoms with Crippen molar-refractivity contribution in [3.05, 3.63) is 0 Å². The highest BCUT2D eigenvalue weighted by Crippen LogP contribution is 2.08. The lowest BCUT2D eigenvalue weighted by atomic mass is 10.1. The van der Waals surface area contributed by atoms with E-state index >= 15 is 0 Å². The monoisotopic (exact) mass is 280 g/mol. The van der Waals surface area contributed by atoms with Crippen molar-refractivity contribution >= 4 is 11.9 Å². The zero-order valence-corrected chi connectivity index (χ0v) is 10.9. The van der Waals surface area contributed by atoms with Gasteiger partial charge in [-0.05, 0) is 12.8 Å². The van der Waals surface area contributed by atoms with Crippen molar-refractivity contribution in [3.63, 3.8) is 0 Å². The van der Waals surface area contributed by atoms with Gasteiger partial charge in [0.15, 0.2) is 0 Å². The van der Waals surface area contributed by atoms with E-state index in [2.05, 4.69) is 10.2 Å². The number of carboxylic acids is 2. The van der Waals surface area contributed by atoms with Gasteiger partial charge in [0.05, 0.1) is 37.1 Å². The van der Waals surface area contributed by atoms with E-state index in [9.17, 15) is 9.59 Å². The van der Waals surface area contributed by atoms with Gasteiger partial charge in [0.1, 0.15) is 0 Å². The van der Waals surface area contributed by atoms with Crippen LogP contribution >= 0.6 is 0 Å². The van der Waals surface area contributed by atoms with Crippen molar-refractivity contribution in [1.82, 2.24) is 0 Å². The highest BCUT2D eigenvalue weighted by atomic mass is 16.4. The molecule has 0 fully saturated rings. The van der Waals surface area contributed by atoms with Crippen LogP contribution in [0.5, 0.6) is 0 Å². The Kier molecular flexibility index (Phi) is 9.15. The third-order valence-electron chi connectivity index (χ3n) is 2.48. The maximum Gasteiger partial charge on any atom is 0.303 e. The summed E-state index contributed by atoms with van der Waals surface area (Å²) in [6.07, 6.45) is 0.192. The number of hydrogen-bond donors (Lipinski definition) is 2. The Bertz CT molecular complexity index is 396. The molecule has 0 amide bonds. The SMILES string of the molecule is N#CC(CCC(=O)O)CN=NCC(C#N)CCC(=O)O. The molecule has 108 valence electrons. The molecule has 2 unspecified atom stereocenters. The number of carbonyl (C=O) groups is 2. The molecule has 0 saturated heterocycles. The Labute approximate surface area is 116 Å². The molecule has 0 bridgehead atoms. The van der Waals surface area contributed by atoms with E-state index in [1.807, 2.05) is 12.1 Å². The second-order valence-corrected chi connectivity index (χ2v) is 4.16. The van der Waals surface area contributed by atoms with Crippen LogP contribution in [0.2, 0.25) is 0 Å². The van der Waals surface area contributed by atoms with Crippen LogP contribution in [0.1, 0.15) is 25.7 Å². The third-order valence-corrected chi connectivity index (χ3v) is 2.48. The van der Waals surface area contributed by atoms with Crippen molar-refractivity contribution in [2.24, 2.45) is 22.1 Å². The van der Waals surface area contributed by atoms with Crippen LogP contribution < -0.4 is 0 Å².